The van der Waals surface area contributed by atoms with E-state index in [1.807, 2.05) is 0 Å². The third kappa shape index (κ3) is 6.70. The molecule has 0 amide bonds. The van der Waals surface area contributed by atoms with Crippen LogP contribution in [-0.4, -0.2) is 36.0 Å². The Morgan fingerprint density at radius 1 is 1.04 bits per heavy atom. The van der Waals surface area contributed by atoms with Crippen LogP contribution in [0.5, 0.6) is 0 Å². The molecule has 28 heavy (non-hydrogen) atoms. The number of hydrogen-bond acceptors (Lipinski definition) is 6. The highest BCUT2D eigenvalue weighted by Crippen LogP contribution is 2.22. The predicted octanol–water partition coefficient (Wildman–Crippen LogP) is 0.866. The Morgan fingerprint density at radius 2 is 1.71 bits per heavy atom. The van der Waals surface area contributed by atoms with Crippen LogP contribution < -0.4 is 15.5 Å². The van der Waals surface area contributed by atoms with Crippen molar-refractivity contribution in [1.29, 1.82) is 0 Å². The summed E-state index contributed by atoms with van der Waals surface area (Å²) in [7, 11) is 0. The van der Waals surface area contributed by atoms with Crippen LogP contribution in [0.4, 0.5) is 5.69 Å². The highest BCUT2D eigenvalue weighted by molar-refractivity contribution is 6.25. The van der Waals surface area contributed by atoms with E-state index < -0.39 is 11.9 Å². The number of aryl methyl sites for hydroxylation is 1. The van der Waals surface area contributed by atoms with Gasteiger partial charge in [-0.05, 0) is 56.0 Å². The molecule has 1 unspecified atom stereocenters. The zero-order chi connectivity index (χ0) is 20.5. The minimum atomic E-state index is -2.19. The molecule has 1 atom stereocenters. The van der Waals surface area contributed by atoms with E-state index in [-0.39, 0.29) is 0 Å². The number of carbonyl (C=O) groups is 2. The molecule has 3 rings (SSSR count). The Balaban J connectivity index is 0.000000409. The van der Waals surface area contributed by atoms with Gasteiger partial charge in [0.05, 0.1) is 11.9 Å². The van der Waals surface area contributed by atoms with Crippen LogP contribution in [0.3, 0.4) is 0 Å². The van der Waals surface area contributed by atoms with Crippen molar-refractivity contribution in [3.8, 4) is 0 Å². The SMILES string of the molecule is Cc1cccc(NC2CCCN(Cc3ccccc3)C2)c1C.O=C([O-])C(=O)[O-]. The number of hydrogen-bond donors (Lipinski definition) is 1. The number of carbonyl (C=O) groups excluding carboxylic acids is 2. The maximum Gasteiger partial charge on any atom is 0.0870 e. The van der Waals surface area contributed by atoms with Gasteiger partial charge in [0.2, 0.25) is 0 Å². The van der Waals surface area contributed by atoms with Gasteiger partial charge < -0.3 is 25.1 Å². The predicted molar refractivity (Wildman–Crippen MR) is 104 cm³/mol. The molecule has 0 radical (unpaired) electrons. The van der Waals surface area contributed by atoms with Crippen LogP contribution in [-0.2, 0) is 16.1 Å². The first kappa shape index (κ1) is 21.4. The number of benzene rings is 2. The molecular formula is C22H26N2O4-2. The normalized spacial score (nSPS) is 16.6. The summed E-state index contributed by atoms with van der Waals surface area (Å²) in [6.45, 7) is 7.79. The van der Waals surface area contributed by atoms with E-state index in [4.69, 9.17) is 19.8 Å². The van der Waals surface area contributed by atoms with Crippen molar-refractivity contribution in [2.45, 2.75) is 39.3 Å². The third-order valence-electron chi connectivity index (χ3n) is 4.89. The van der Waals surface area contributed by atoms with E-state index in [0.717, 1.165) is 13.1 Å². The molecule has 1 heterocycles. The van der Waals surface area contributed by atoms with Crippen molar-refractivity contribution in [3.05, 3.63) is 65.2 Å². The number of aliphatic carboxylic acids is 2. The van der Waals surface area contributed by atoms with E-state index in [0.29, 0.717) is 6.04 Å². The average molecular weight is 382 g/mol. The van der Waals surface area contributed by atoms with Crippen LogP contribution in [0, 0.1) is 13.8 Å². The fraction of sp³-hybridized carbons (Fsp3) is 0.364. The van der Waals surface area contributed by atoms with Crippen LogP contribution in [0.25, 0.3) is 0 Å². The lowest BCUT2D eigenvalue weighted by atomic mass is 10.0. The Kier molecular flexibility index (Phi) is 8.02. The smallest absolute Gasteiger partial charge is 0.0870 e. The lowest BCUT2D eigenvalue weighted by molar-refractivity contribution is -0.345. The average Bonchev–Trinajstić information content (AvgIpc) is 2.67. The van der Waals surface area contributed by atoms with Crippen molar-refractivity contribution in [1.82, 2.24) is 4.90 Å². The molecule has 1 aliphatic heterocycles. The van der Waals surface area contributed by atoms with Gasteiger partial charge in [-0.3, -0.25) is 4.90 Å². The molecule has 6 heteroatoms. The number of nitrogens with zero attached hydrogens (tertiary/aromatic N) is 1. The first-order valence-electron chi connectivity index (χ1n) is 9.38. The largest absolute Gasteiger partial charge is 0.543 e. The monoisotopic (exact) mass is 382 g/mol. The lowest BCUT2D eigenvalue weighted by Gasteiger charge is -2.34. The quantitative estimate of drug-likeness (QED) is 0.789. The molecule has 1 aliphatic rings. The Morgan fingerprint density at radius 3 is 2.36 bits per heavy atom. The number of carboxylic acids is 2. The minimum absolute atomic E-state index is 0.554. The first-order chi connectivity index (χ1) is 13.4. The fourth-order valence-corrected chi connectivity index (χ4v) is 3.29. The van der Waals surface area contributed by atoms with Crippen molar-refractivity contribution >= 4 is 17.6 Å². The Labute approximate surface area is 165 Å². The van der Waals surface area contributed by atoms with Crippen LogP contribution in [0.2, 0.25) is 0 Å². The number of rotatable bonds is 4. The summed E-state index contributed by atoms with van der Waals surface area (Å²) in [6.07, 6.45) is 2.54. The molecular weight excluding hydrogens is 356 g/mol. The molecule has 0 bridgehead atoms. The van der Waals surface area contributed by atoms with Crippen molar-refractivity contribution in [3.63, 3.8) is 0 Å². The molecule has 2 aromatic rings. The second-order valence-corrected chi connectivity index (χ2v) is 7.03. The molecule has 0 aromatic heterocycles. The Hall–Kier alpha value is -2.86. The van der Waals surface area contributed by atoms with Gasteiger partial charge in [-0.2, -0.15) is 0 Å². The third-order valence-corrected chi connectivity index (χ3v) is 4.89. The molecule has 1 fully saturated rings. The fourth-order valence-electron chi connectivity index (χ4n) is 3.29. The summed E-state index contributed by atoms with van der Waals surface area (Å²) in [5.41, 5.74) is 5.45. The van der Waals surface area contributed by atoms with Gasteiger partial charge in [0.15, 0.2) is 0 Å². The number of likely N-dealkylation sites (tertiary alicyclic amines) is 1. The van der Waals surface area contributed by atoms with E-state index >= 15 is 0 Å². The van der Waals surface area contributed by atoms with Crippen molar-refractivity contribution in [2.75, 3.05) is 18.4 Å². The van der Waals surface area contributed by atoms with Crippen molar-refractivity contribution < 1.29 is 19.8 Å². The van der Waals surface area contributed by atoms with Gasteiger partial charge in [-0.25, -0.2) is 0 Å². The minimum Gasteiger partial charge on any atom is -0.543 e. The number of carboxylic acid groups (broad SMARTS) is 2. The van der Waals surface area contributed by atoms with Gasteiger partial charge >= 0.3 is 0 Å². The molecule has 6 nitrogen and oxygen atoms in total. The number of nitrogens with one attached hydrogen (secondary N) is 1. The topological polar surface area (TPSA) is 95.5 Å². The molecule has 150 valence electrons. The summed E-state index contributed by atoms with van der Waals surface area (Å²) < 4.78 is 0. The second kappa shape index (κ2) is 10.5. The summed E-state index contributed by atoms with van der Waals surface area (Å²) in [5.74, 6) is -4.37. The van der Waals surface area contributed by atoms with Gasteiger partial charge in [0.1, 0.15) is 0 Å². The molecule has 0 aliphatic carbocycles. The highest BCUT2D eigenvalue weighted by atomic mass is 16.4. The van der Waals surface area contributed by atoms with E-state index in [1.165, 1.54) is 41.8 Å². The van der Waals surface area contributed by atoms with Crippen LogP contribution in [0.1, 0.15) is 29.5 Å². The summed E-state index contributed by atoms with van der Waals surface area (Å²) >= 11 is 0. The number of piperidine rings is 1. The second-order valence-electron chi connectivity index (χ2n) is 7.03. The highest BCUT2D eigenvalue weighted by Gasteiger charge is 2.20. The molecule has 0 saturated carbocycles. The Bertz CT molecular complexity index is 780. The molecule has 1 saturated heterocycles. The van der Waals surface area contributed by atoms with Crippen LogP contribution in [0.15, 0.2) is 48.5 Å². The number of anilines is 1. The zero-order valence-corrected chi connectivity index (χ0v) is 16.3. The molecule has 0 spiro atoms. The van der Waals surface area contributed by atoms with Gasteiger partial charge in [-0.1, -0.05) is 42.5 Å². The van der Waals surface area contributed by atoms with Gasteiger partial charge in [-0.15, -0.1) is 0 Å². The zero-order valence-electron chi connectivity index (χ0n) is 16.3. The van der Waals surface area contributed by atoms with Gasteiger partial charge in [0.25, 0.3) is 0 Å². The summed E-state index contributed by atoms with van der Waals surface area (Å²) in [4.78, 5) is 20.4. The van der Waals surface area contributed by atoms with E-state index in [1.54, 1.807) is 0 Å². The van der Waals surface area contributed by atoms with E-state index in [2.05, 4.69) is 72.6 Å². The van der Waals surface area contributed by atoms with Crippen LogP contribution >= 0.6 is 0 Å². The van der Waals surface area contributed by atoms with E-state index in [9.17, 15) is 0 Å². The maximum atomic E-state index is 8.93. The molecule has 1 N–H and O–H groups in total. The van der Waals surface area contributed by atoms with Gasteiger partial charge in [0, 0.05) is 24.8 Å². The first-order valence-corrected chi connectivity index (χ1v) is 9.38. The summed E-state index contributed by atoms with van der Waals surface area (Å²) in [6, 6.07) is 17.9. The molecule has 2 aromatic carbocycles. The lowest BCUT2D eigenvalue weighted by Crippen LogP contribution is -2.42. The standard InChI is InChI=1S/C20H26N2.C2H2O4/c1-16-8-6-12-20(17(16)2)21-19-11-7-13-22(15-19)14-18-9-4-3-5-10-18;3-1(4)2(5)6/h3-6,8-10,12,19,21H,7,11,13-15H2,1-2H3;(H,3,4)(H,5,6)/p-2. The summed E-state index contributed by atoms with van der Waals surface area (Å²) in [5, 5.41) is 21.6. The maximum absolute atomic E-state index is 8.93. The van der Waals surface area contributed by atoms with Crippen molar-refractivity contribution in [2.24, 2.45) is 0 Å².